The Morgan fingerprint density at radius 3 is 1.54 bits per heavy atom. The number of fused-ring (bicyclic) bond motifs is 6. The van der Waals surface area contributed by atoms with E-state index in [0.717, 1.165) is 6.42 Å². The topological polar surface area (TPSA) is 4.41 Å². The summed E-state index contributed by atoms with van der Waals surface area (Å²) in [5, 5.41) is 16.6. The third-order valence-electron chi connectivity index (χ3n) is 8.60. The van der Waals surface area contributed by atoms with Crippen LogP contribution in [-0.2, 0) is 6.42 Å². The molecule has 7 aromatic carbocycles. The molecule has 1 aliphatic carbocycles. The first-order valence-corrected chi connectivity index (χ1v) is 19.3. The number of benzene rings is 7. The van der Waals surface area contributed by atoms with E-state index in [1.807, 2.05) is 83.1 Å². The lowest BCUT2D eigenvalue weighted by atomic mass is 9.91. The Bertz CT molecular complexity index is 2420. The molecule has 0 N–H and O–H groups in total. The molecule has 0 saturated carbocycles. The van der Waals surface area contributed by atoms with E-state index in [0.29, 0.717) is 0 Å². The summed E-state index contributed by atoms with van der Waals surface area (Å²) in [7, 11) is 0. The number of aromatic nitrogens is 1. The van der Waals surface area contributed by atoms with Gasteiger partial charge in [0, 0.05) is 22.4 Å². The van der Waals surface area contributed by atoms with Gasteiger partial charge in [-0.15, -0.1) is 0 Å². The Balaban J connectivity index is 0.000000209. The van der Waals surface area contributed by atoms with Crippen LogP contribution in [0.15, 0.2) is 121 Å². The second kappa shape index (κ2) is 19.3. The van der Waals surface area contributed by atoms with Crippen LogP contribution in [0.5, 0.6) is 0 Å². The van der Waals surface area contributed by atoms with Crippen molar-refractivity contribution in [2.45, 2.75) is 89.5 Å². The van der Waals surface area contributed by atoms with Crippen molar-refractivity contribution in [2.24, 2.45) is 0 Å². The predicted octanol–water partition coefficient (Wildman–Crippen LogP) is 15.2. The molecule has 0 bridgehead atoms. The Kier molecular flexibility index (Phi) is 15.3. The summed E-state index contributed by atoms with van der Waals surface area (Å²) in [5.41, 5.74) is 4.13. The molecule has 1 nitrogen and oxygen atoms in total. The fraction of sp³-hybridized carbons (Fsp3) is 0.265. The molecule has 0 amide bonds. The summed E-state index contributed by atoms with van der Waals surface area (Å²) in [6.07, 6.45) is 5.61. The fourth-order valence-electron chi connectivity index (χ4n) is 6.99. The van der Waals surface area contributed by atoms with Crippen LogP contribution >= 0.6 is 0 Å². The third-order valence-corrected chi connectivity index (χ3v) is 8.60. The van der Waals surface area contributed by atoms with Crippen LogP contribution in [0.4, 0.5) is 0 Å². The maximum absolute atomic E-state index is 2.36. The largest absolute Gasteiger partial charge is 0.315 e. The molecule has 0 aliphatic heterocycles. The van der Waals surface area contributed by atoms with Crippen LogP contribution < -0.4 is 5.22 Å². The highest BCUT2D eigenvalue weighted by Crippen LogP contribution is 2.38. The van der Waals surface area contributed by atoms with Gasteiger partial charge in [-0.25, -0.2) is 0 Å². The van der Waals surface area contributed by atoms with Gasteiger partial charge in [-0.1, -0.05) is 192 Å². The summed E-state index contributed by atoms with van der Waals surface area (Å²) in [5.74, 6) is 0. The average molecular weight is 662 g/mol. The number of hydrogen-bond donors (Lipinski definition) is 0. The number of pyridine rings is 1. The minimum absolute atomic E-state index is 1.07. The molecule has 50 heavy (non-hydrogen) atoms. The van der Waals surface area contributed by atoms with Gasteiger partial charge in [0.25, 0.3) is 0 Å². The van der Waals surface area contributed by atoms with Gasteiger partial charge in [0.15, 0.2) is 0 Å². The minimum atomic E-state index is 1.07. The molecule has 260 valence electrons. The Hall–Kier alpha value is -4.88. The molecule has 0 spiro atoms. The normalized spacial score (nSPS) is 10.5. The monoisotopic (exact) mass is 661 g/mol. The lowest BCUT2D eigenvalue weighted by Crippen LogP contribution is -1.99. The molecule has 1 heteroatoms. The maximum Gasteiger partial charge on any atom is 0.0613 e. The summed E-state index contributed by atoms with van der Waals surface area (Å²) >= 11 is 0. The average Bonchev–Trinajstić information content (AvgIpc) is 3.88. The SMILES string of the molecule is C1=c2ccc3cccc4c5ccccc5c(c2c34)C1.CC.CC.CC.CC.CC.CC.c1cc2ccc3ccn4c5ccccc5c(c1)c2c34. The highest BCUT2D eigenvalue weighted by Gasteiger charge is 2.16. The van der Waals surface area contributed by atoms with E-state index in [4.69, 9.17) is 0 Å². The van der Waals surface area contributed by atoms with E-state index in [1.54, 1.807) is 0 Å². The van der Waals surface area contributed by atoms with Gasteiger partial charge in [0.1, 0.15) is 0 Å². The quantitative estimate of drug-likeness (QED) is 0.113. The lowest BCUT2D eigenvalue weighted by Gasteiger charge is -2.12. The molecule has 2 heterocycles. The number of nitrogens with zero attached hydrogens (tertiary/aromatic N) is 1. The van der Waals surface area contributed by atoms with Gasteiger partial charge < -0.3 is 4.40 Å². The second-order valence-electron chi connectivity index (χ2n) is 10.5. The Morgan fingerprint density at radius 1 is 0.380 bits per heavy atom. The summed E-state index contributed by atoms with van der Waals surface area (Å²) in [4.78, 5) is 0. The number of hydrogen-bond acceptors (Lipinski definition) is 0. The molecule has 0 saturated heterocycles. The van der Waals surface area contributed by atoms with Crippen molar-refractivity contribution < 1.29 is 0 Å². The molecule has 0 atom stereocenters. The van der Waals surface area contributed by atoms with Crippen molar-refractivity contribution in [3.63, 3.8) is 0 Å². The van der Waals surface area contributed by atoms with Gasteiger partial charge in [-0.2, -0.15) is 0 Å². The standard InChI is InChI=1S/C19H12.C18H11N.6C2H6/c1-2-6-15-14(5-1)16-7-3-4-12-8-9-13-10-11-17(15)19(13)18(12)16;1-2-7-16-14(5-1)15-6-3-4-12-8-9-13-10-11-19(16)18(13)17(12)15;6*1-2/h1-10H,11H2;1-11H;6*1-2H3. The zero-order valence-electron chi connectivity index (χ0n) is 32.8. The molecule has 0 unspecified atom stereocenters. The first kappa shape index (κ1) is 39.6. The highest BCUT2D eigenvalue weighted by molar-refractivity contribution is 6.24. The van der Waals surface area contributed by atoms with Crippen LogP contribution in [-0.4, -0.2) is 4.40 Å². The zero-order valence-corrected chi connectivity index (χ0v) is 32.8. The van der Waals surface area contributed by atoms with E-state index < -0.39 is 0 Å². The van der Waals surface area contributed by atoms with Gasteiger partial charge >= 0.3 is 0 Å². The van der Waals surface area contributed by atoms with E-state index in [-0.39, 0.29) is 0 Å². The van der Waals surface area contributed by atoms with Crippen molar-refractivity contribution in [3.05, 3.63) is 132 Å². The van der Waals surface area contributed by atoms with E-state index in [9.17, 15) is 0 Å². The molecular formula is C49H59N. The first-order chi connectivity index (χ1) is 24.9. The summed E-state index contributed by atoms with van der Waals surface area (Å²) in [6, 6.07) is 41.9. The van der Waals surface area contributed by atoms with Crippen LogP contribution in [0.3, 0.4) is 0 Å². The van der Waals surface area contributed by atoms with Gasteiger partial charge in [-0.05, 0) is 72.4 Å². The van der Waals surface area contributed by atoms with E-state index >= 15 is 0 Å². The molecule has 2 aromatic heterocycles. The van der Waals surface area contributed by atoms with Crippen molar-refractivity contribution in [3.8, 4) is 0 Å². The van der Waals surface area contributed by atoms with Crippen molar-refractivity contribution in [1.29, 1.82) is 0 Å². The van der Waals surface area contributed by atoms with E-state index in [2.05, 4.69) is 132 Å². The fourth-order valence-corrected chi connectivity index (χ4v) is 6.99. The smallest absolute Gasteiger partial charge is 0.0613 e. The zero-order chi connectivity index (χ0) is 36.8. The van der Waals surface area contributed by atoms with E-state index in [1.165, 1.54) is 81.1 Å². The first-order valence-electron chi connectivity index (χ1n) is 19.3. The summed E-state index contributed by atoms with van der Waals surface area (Å²) < 4.78 is 2.32. The predicted molar refractivity (Wildman–Crippen MR) is 232 cm³/mol. The van der Waals surface area contributed by atoms with Crippen LogP contribution in [0.2, 0.25) is 0 Å². The second-order valence-corrected chi connectivity index (χ2v) is 10.5. The highest BCUT2D eigenvalue weighted by atomic mass is 14.9. The molecule has 0 fully saturated rings. The lowest BCUT2D eigenvalue weighted by molar-refractivity contribution is 1.29. The molecule has 0 radical (unpaired) electrons. The Morgan fingerprint density at radius 2 is 0.880 bits per heavy atom. The van der Waals surface area contributed by atoms with Crippen molar-refractivity contribution in [2.75, 3.05) is 0 Å². The molecule has 10 rings (SSSR count). The molecule has 1 aliphatic rings. The van der Waals surface area contributed by atoms with Crippen molar-refractivity contribution in [1.82, 2.24) is 4.40 Å². The third kappa shape index (κ3) is 6.92. The van der Waals surface area contributed by atoms with Crippen LogP contribution in [0, 0.1) is 0 Å². The minimum Gasteiger partial charge on any atom is -0.315 e. The number of rotatable bonds is 0. The van der Waals surface area contributed by atoms with Crippen molar-refractivity contribution >= 4 is 76.4 Å². The van der Waals surface area contributed by atoms with Gasteiger partial charge in [-0.3, -0.25) is 0 Å². The molecule has 9 aromatic rings. The number of para-hydroxylation sites is 1. The summed E-state index contributed by atoms with van der Waals surface area (Å²) in [6.45, 7) is 24.0. The van der Waals surface area contributed by atoms with Gasteiger partial charge in [0.05, 0.1) is 11.0 Å². The maximum atomic E-state index is 2.36. The molecular weight excluding hydrogens is 603 g/mol. The van der Waals surface area contributed by atoms with Gasteiger partial charge in [0.2, 0.25) is 0 Å². The van der Waals surface area contributed by atoms with Crippen LogP contribution in [0.25, 0.3) is 76.4 Å². The Labute approximate surface area is 301 Å². The van der Waals surface area contributed by atoms with Crippen LogP contribution in [0.1, 0.15) is 88.6 Å².